The van der Waals surface area contributed by atoms with Gasteiger partial charge in [-0.2, -0.15) is 0 Å². The summed E-state index contributed by atoms with van der Waals surface area (Å²) in [5.41, 5.74) is 5.34. The van der Waals surface area contributed by atoms with Crippen LogP contribution in [-0.2, 0) is 12.8 Å². The summed E-state index contributed by atoms with van der Waals surface area (Å²) >= 11 is 2.15. The Hall–Kier alpha value is -1.67. The van der Waals surface area contributed by atoms with E-state index in [1.54, 1.807) is 21.3 Å². The van der Waals surface area contributed by atoms with Crippen LogP contribution >= 0.6 is 22.6 Å². The second-order valence-electron chi connectivity index (χ2n) is 6.66. The number of methoxy groups -OCH3 is 3. The number of halogens is 1. The molecular weight excluding hydrogens is 457 g/mol. The van der Waals surface area contributed by atoms with Crippen molar-refractivity contribution in [3.8, 4) is 34.1 Å². The molecule has 0 radical (unpaired) electrons. The lowest BCUT2D eigenvalue weighted by Crippen LogP contribution is -2.35. The third-order valence-electron chi connectivity index (χ3n) is 5.51. The van der Waals surface area contributed by atoms with E-state index < -0.39 is 0 Å². The van der Waals surface area contributed by atoms with Crippen molar-refractivity contribution in [2.24, 2.45) is 0 Å². The lowest BCUT2D eigenvalue weighted by molar-refractivity contribution is 0.226. The molecule has 6 heteroatoms. The second-order valence-corrected chi connectivity index (χ2v) is 6.66. The van der Waals surface area contributed by atoms with Gasteiger partial charge >= 0.3 is 0 Å². The fourth-order valence-electron chi connectivity index (χ4n) is 4.26. The number of alkyl halides is 1. The number of ether oxygens (including phenoxy) is 3. The molecule has 0 saturated heterocycles. The van der Waals surface area contributed by atoms with Gasteiger partial charge in [0, 0.05) is 23.7 Å². The highest BCUT2D eigenvalue weighted by atomic mass is 127. The maximum atomic E-state index is 10.9. The number of aromatic hydroxyl groups is 1. The van der Waals surface area contributed by atoms with Crippen LogP contribution in [0, 0.1) is 0 Å². The molecule has 2 aromatic carbocycles. The lowest BCUT2D eigenvalue weighted by Gasteiger charge is -2.40. The molecule has 0 amide bonds. The summed E-state index contributed by atoms with van der Waals surface area (Å²) in [4.78, 5) is 4.35. The van der Waals surface area contributed by atoms with E-state index in [-0.39, 0.29) is 11.8 Å². The van der Waals surface area contributed by atoms with Gasteiger partial charge in [-0.25, -0.2) is 0 Å². The van der Waals surface area contributed by atoms with Gasteiger partial charge in [-0.05, 0) is 53.6 Å². The van der Waals surface area contributed by atoms with Crippen LogP contribution in [-0.4, -0.2) is 49.9 Å². The molecule has 2 aromatic rings. The quantitative estimate of drug-likeness (QED) is 0.524. The molecule has 0 saturated carbocycles. The molecule has 5 nitrogen and oxygen atoms in total. The second kappa shape index (κ2) is 8.14. The van der Waals surface area contributed by atoms with Gasteiger partial charge in [0.25, 0.3) is 0 Å². The summed E-state index contributed by atoms with van der Waals surface area (Å²) in [5.74, 6) is 2.01. The average Bonchev–Trinajstić information content (AvgIpc) is 2.71. The number of nitrogens with zero attached hydrogens (tertiary/aromatic N) is 1. The first kappa shape index (κ1) is 20.1. The van der Waals surface area contributed by atoms with Gasteiger partial charge in [0.05, 0.1) is 21.3 Å². The largest absolute Gasteiger partial charge is 0.504 e. The zero-order valence-corrected chi connectivity index (χ0v) is 18.6. The van der Waals surface area contributed by atoms with Crippen molar-refractivity contribution in [2.75, 3.05) is 39.9 Å². The van der Waals surface area contributed by atoms with Crippen LogP contribution in [0.15, 0.2) is 18.2 Å². The fraction of sp³-hybridized carbons (Fsp3) is 0.429. The summed E-state index contributed by atoms with van der Waals surface area (Å²) < 4.78 is 16.7. The van der Waals surface area contributed by atoms with Crippen molar-refractivity contribution >= 4 is 22.6 Å². The minimum atomic E-state index is 0.167. The number of likely N-dealkylation sites (N-methyl/N-ethyl adjacent to an activating group) is 1. The number of rotatable bonds is 3. The van der Waals surface area contributed by atoms with Crippen molar-refractivity contribution in [3.05, 3.63) is 34.9 Å². The maximum Gasteiger partial charge on any atom is 0.169 e. The van der Waals surface area contributed by atoms with Gasteiger partial charge in [0.2, 0.25) is 0 Å². The van der Waals surface area contributed by atoms with E-state index in [0.29, 0.717) is 17.2 Å². The van der Waals surface area contributed by atoms with Crippen LogP contribution in [0.5, 0.6) is 23.0 Å². The number of benzene rings is 2. The minimum absolute atomic E-state index is 0.167. The highest BCUT2D eigenvalue weighted by Gasteiger charge is 2.38. The van der Waals surface area contributed by atoms with Gasteiger partial charge in [-0.1, -0.05) is 28.7 Å². The smallest absolute Gasteiger partial charge is 0.169 e. The Morgan fingerprint density at radius 1 is 1.00 bits per heavy atom. The van der Waals surface area contributed by atoms with E-state index in [4.69, 9.17) is 14.2 Å². The Morgan fingerprint density at radius 3 is 2.33 bits per heavy atom. The predicted molar refractivity (Wildman–Crippen MR) is 116 cm³/mol. The first-order valence-electron chi connectivity index (χ1n) is 8.85. The van der Waals surface area contributed by atoms with Crippen LogP contribution < -0.4 is 14.2 Å². The van der Waals surface area contributed by atoms with Crippen LogP contribution in [0.4, 0.5) is 0 Å². The molecule has 146 valence electrons. The van der Waals surface area contributed by atoms with E-state index in [2.05, 4.69) is 40.6 Å². The molecule has 1 heterocycles. The van der Waals surface area contributed by atoms with Gasteiger partial charge < -0.3 is 19.3 Å². The van der Waals surface area contributed by atoms with Crippen molar-refractivity contribution in [1.82, 2.24) is 4.90 Å². The Bertz CT molecular complexity index is 853. The molecule has 1 N–H and O–H groups in total. The molecule has 0 unspecified atom stereocenters. The monoisotopic (exact) mass is 483 g/mol. The molecule has 1 atom stereocenters. The van der Waals surface area contributed by atoms with E-state index in [1.165, 1.54) is 11.1 Å². The van der Waals surface area contributed by atoms with Crippen molar-refractivity contribution < 1.29 is 19.3 Å². The van der Waals surface area contributed by atoms with E-state index >= 15 is 0 Å². The normalized spacial score (nSPS) is 17.2. The van der Waals surface area contributed by atoms with E-state index in [0.717, 1.165) is 36.1 Å². The SMILES string of the molecule is CI.COc1ccc2c(c1O)-c1c(OC)c(OC)cc3c1[C@H](C2)N(C)CC3. The molecule has 27 heavy (non-hydrogen) atoms. The molecular formula is C21H26INO4. The molecule has 0 bridgehead atoms. The number of phenolic OH excluding ortho intramolecular Hbond substituents is 1. The fourth-order valence-corrected chi connectivity index (χ4v) is 4.26. The minimum Gasteiger partial charge on any atom is -0.504 e. The van der Waals surface area contributed by atoms with Gasteiger partial charge in [-0.3, -0.25) is 4.90 Å². The molecule has 0 spiro atoms. The predicted octanol–water partition coefficient (Wildman–Crippen LogP) is 4.22. The first-order valence-corrected chi connectivity index (χ1v) is 11.0. The van der Waals surface area contributed by atoms with Crippen molar-refractivity contribution in [3.63, 3.8) is 0 Å². The summed E-state index contributed by atoms with van der Waals surface area (Å²) in [6.07, 6.45) is 1.81. The third-order valence-corrected chi connectivity index (χ3v) is 5.51. The average molecular weight is 483 g/mol. The maximum absolute atomic E-state index is 10.9. The lowest BCUT2D eigenvalue weighted by atomic mass is 9.76. The Balaban J connectivity index is 0.00000102. The topological polar surface area (TPSA) is 51.2 Å². The molecule has 1 aliphatic carbocycles. The van der Waals surface area contributed by atoms with E-state index in [1.807, 2.05) is 17.1 Å². The molecule has 1 aliphatic heterocycles. The summed E-state index contributed by atoms with van der Waals surface area (Å²) in [6, 6.07) is 6.23. The highest BCUT2D eigenvalue weighted by Crippen LogP contribution is 2.55. The number of hydrogen-bond acceptors (Lipinski definition) is 5. The number of hydrogen-bond donors (Lipinski definition) is 1. The Labute approximate surface area is 174 Å². The summed E-state index contributed by atoms with van der Waals surface area (Å²) in [7, 11) is 7.02. The first-order chi connectivity index (χ1) is 13.1. The molecule has 2 aliphatic rings. The zero-order valence-electron chi connectivity index (χ0n) is 16.4. The molecule has 0 fully saturated rings. The summed E-state index contributed by atoms with van der Waals surface area (Å²) in [5, 5.41) is 10.9. The highest BCUT2D eigenvalue weighted by molar-refractivity contribution is 14.1. The van der Waals surface area contributed by atoms with Gasteiger partial charge in [0.1, 0.15) is 0 Å². The van der Waals surface area contributed by atoms with Crippen molar-refractivity contribution in [2.45, 2.75) is 18.9 Å². The Kier molecular flexibility index (Phi) is 6.05. The van der Waals surface area contributed by atoms with Crippen LogP contribution in [0.3, 0.4) is 0 Å². The number of phenols is 1. The summed E-state index contributed by atoms with van der Waals surface area (Å²) in [6.45, 7) is 1.00. The van der Waals surface area contributed by atoms with Crippen LogP contribution in [0.1, 0.15) is 22.7 Å². The zero-order chi connectivity index (χ0) is 19.7. The van der Waals surface area contributed by atoms with Crippen LogP contribution in [0.2, 0.25) is 0 Å². The third kappa shape index (κ3) is 3.12. The van der Waals surface area contributed by atoms with Gasteiger partial charge in [-0.15, -0.1) is 0 Å². The van der Waals surface area contributed by atoms with E-state index in [9.17, 15) is 5.11 Å². The molecule has 4 rings (SSSR count). The number of fused-ring (bicyclic) bond motifs is 2. The van der Waals surface area contributed by atoms with Crippen LogP contribution in [0.25, 0.3) is 11.1 Å². The Morgan fingerprint density at radius 2 is 1.70 bits per heavy atom. The standard InChI is InChI=1S/C20H23NO4.CH3I/c1-21-8-7-12-10-15(24-3)20(25-4)18-16(12)13(21)9-11-5-6-14(23-2)19(22)17(11)18;1-2/h5-6,10,13,22H,7-9H2,1-4H3;1H3/t13-;/m0./s1. The van der Waals surface area contributed by atoms with Gasteiger partial charge in [0.15, 0.2) is 23.0 Å². The van der Waals surface area contributed by atoms with Crippen molar-refractivity contribution in [1.29, 1.82) is 0 Å². The molecule has 0 aromatic heterocycles.